The van der Waals surface area contributed by atoms with Crippen LogP contribution < -0.4 is 4.74 Å². The first kappa shape index (κ1) is 11.5. The van der Waals surface area contributed by atoms with Crippen LogP contribution in [0.3, 0.4) is 0 Å². The van der Waals surface area contributed by atoms with Gasteiger partial charge in [-0.25, -0.2) is 4.39 Å². The number of hydrogen-bond acceptors (Lipinski definition) is 2. The molecule has 0 aliphatic heterocycles. The first-order chi connectivity index (χ1) is 7.27. The van der Waals surface area contributed by atoms with E-state index in [-0.39, 0.29) is 5.82 Å². The third-order valence-corrected chi connectivity index (χ3v) is 2.23. The van der Waals surface area contributed by atoms with Gasteiger partial charge in [-0.3, -0.25) is 0 Å². The van der Waals surface area contributed by atoms with E-state index >= 15 is 0 Å². The van der Waals surface area contributed by atoms with Gasteiger partial charge in [0.2, 0.25) is 0 Å². The number of unbranched alkanes of at least 4 members (excludes halogenated alkanes) is 2. The van der Waals surface area contributed by atoms with E-state index in [4.69, 9.17) is 10.00 Å². The van der Waals surface area contributed by atoms with Crippen molar-refractivity contribution in [2.24, 2.45) is 0 Å². The molecule has 0 spiro atoms. The summed E-state index contributed by atoms with van der Waals surface area (Å²) in [5, 5.41) is 8.37. The number of rotatable bonds is 5. The van der Waals surface area contributed by atoms with Crippen molar-refractivity contribution >= 4 is 0 Å². The monoisotopic (exact) mass is 207 g/mol. The predicted molar refractivity (Wildman–Crippen MR) is 56.1 cm³/mol. The Kier molecular flexibility index (Phi) is 4.62. The lowest BCUT2D eigenvalue weighted by molar-refractivity contribution is 0.407. The standard InChI is InChI=1S/C12H14FNO/c1-15-12-7-6-11(13)9-10(12)5-3-2-4-8-14/h6-7,9H,2-5H2,1H3. The van der Waals surface area contributed by atoms with Crippen molar-refractivity contribution in [3.05, 3.63) is 29.6 Å². The quantitative estimate of drug-likeness (QED) is 0.695. The maximum Gasteiger partial charge on any atom is 0.123 e. The van der Waals surface area contributed by atoms with Crippen LogP contribution in [0.1, 0.15) is 24.8 Å². The number of benzene rings is 1. The number of ether oxygens (including phenoxy) is 1. The molecule has 0 unspecified atom stereocenters. The molecule has 0 amide bonds. The van der Waals surface area contributed by atoms with Crippen molar-refractivity contribution in [2.75, 3.05) is 7.11 Å². The molecule has 15 heavy (non-hydrogen) atoms. The Morgan fingerprint density at radius 2 is 2.20 bits per heavy atom. The minimum atomic E-state index is -0.244. The lowest BCUT2D eigenvalue weighted by atomic mass is 10.1. The van der Waals surface area contributed by atoms with Gasteiger partial charge in [0.15, 0.2) is 0 Å². The van der Waals surface area contributed by atoms with Gasteiger partial charge in [-0.2, -0.15) is 5.26 Å². The van der Waals surface area contributed by atoms with Gasteiger partial charge in [-0.05, 0) is 43.0 Å². The van der Waals surface area contributed by atoms with E-state index in [0.29, 0.717) is 12.2 Å². The summed E-state index contributed by atoms with van der Waals surface area (Å²) in [5.41, 5.74) is 0.871. The number of nitrogens with zero attached hydrogens (tertiary/aromatic N) is 1. The van der Waals surface area contributed by atoms with E-state index < -0.39 is 0 Å². The Bertz CT molecular complexity index is 357. The van der Waals surface area contributed by atoms with Crippen molar-refractivity contribution in [2.45, 2.75) is 25.7 Å². The highest BCUT2D eigenvalue weighted by molar-refractivity contribution is 5.33. The van der Waals surface area contributed by atoms with Gasteiger partial charge >= 0.3 is 0 Å². The molecule has 0 atom stereocenters. The molecule has 0 fully saturated rings. The maximum atomic E-state index is 13.0. The second kappa shape index (κ2) is 6.02. The first-order valence-corrected chi connectivity index (χ1v) is 4.97. The third kappa shape index (κ3) is 3.59. The summed E-state index contributed by atoms with van der Waals surface area (Å²) in [6.07, 6.45) is 3.03. The van der Waals surface area contributed by atoms with Gasteiger partial charge in [-0.15, -0.1) is 0 Å². The molecule has 2 nitrogen and oxygen atoms in total. The Morgan fingerprint density at radius 1 is 1.40 bits per heavy atom. The predicted octanol–water partition coefficient (Wildman–Crippen LogP) is 3.07. The summed E-state index contributed by atoms with van der Waals surface area (Å²) in [7, 11) is 1.58. The molecule has 0 N–H and O–H groups in total. The molecule has 0 saturated heterocycles. The zero-order chi connectivity index (χ0) is 11.1. The molecular formula is C12H14FNO. The lowest BCUT2D eigenvalue weighted by Crippen LogP contribution is -1.93. The van der Waals surface area contributed by atoms with Crippen molar-refractivity contribution in [1.29, 1.82) is 5.26 Å². The Hall–Kier alpha value is -1.56. The van der Waals surface area contributed by atoms with Crippen molar-refractivity contribution in [3.8, 4) is 11.8 Å². The summed E-state index contributed by atoms with van der Waals surface area (Å²) < 4.78 is 18.1. The van der Waals surface area contributed by atoms with Gasteiger partial charge in [-0.1, -0.05) is 0 Å². The van der Waals surface area contributed by atoms with Crippen molar-refractivity contribution in [3.63, 3.8) is 0 Å². The molecule has 0 heterocycles. The van der Waals surface area contributed by atoms with Crippen molar-refractivity contribution in [1.82, 2.24) is 0 Å². The average molecular weight is 207 g/mol. The average Bonchev–Trinajstić information content (AvgIpc) is 2.25. The third-order valence-electron chi connectivity index (χ3n) is 2.23. The second-order valence-electron chi connectivity index (χ2n) is 3.32. The van der Waals surface area contributed by atoms with Crippen molar-refractivity contribution < 1.29 is 9.13 Å². The minimum Gasteiger partial charge on any atom is -0.496 e. The number of hydrogen-bond donors (Lipinski definition) is 0. The highest BCUT2D eigenvalue weighted by Crippen LogP contribution is 2.21. The van der Waals surface area contributed by atoms with Gasteiger partial charge in [0.25, 0.3) is 0 Å². The van der Waals surface area contributed by atoms with E-state index in [1.165, 1.54) is 12.1 Å². The smallest absolute Gasteiger partial charge is 0.123 e. The summed E-state index contributed by atoms with van der Waals surface area (Å²) in [5.74, 6) is 0.472. The van der Waals surface area contributed by atoms with Gasteiger partial charge in [0.1, 0.15) is 11.6 Å². The van der Waals surface area contributed by atoms with Gasteiger partial charge in [0.05, 0.1) is 13.2 Å². The van der Waals surface area contributed by atoms with Crippen LogP contribution in [0.15, 0.2) is 18.2 Å². The molecule has 0 saturated carbocycles. The van der Waals surface area contributed by atoms with Crippen LogP contribution in [-0.2, 0) is 6.42 Å². The number of nitriles is 1. The second-order valence-corrected chi connectivity index (χ2v) is 3.32. The summed E-state index contributed by atoms with van der Waals surface area (Å²) in [6.45, 7) is 0. The highest BCUT2D eigenvalue weighted by Gasteiger charge is 2.03. The summed E-state index contributed by atoms with van der Waals surface area (Å²) in [4.78, 5) is 0. The molecule has 0 aromatic heterocycles. The minimum absolute atomic E-state index is 0.244. The van der Waals surface area contributed by atoms with Crippen LogP contribution in [-0.4, -0.2) is 7.11 Å². The molecular weight excluding hydrogens is 193 g/mol. The lowest BCUT2D eigenvalue weighted by Gasteiger charge is -2.07. The van der Waals surface area contributed by atoms with Crippen LogP contribution in [0.2, 0.25) is 0 Å². The molecule has 1 aromatic carbocycles. The van der Waals surface area contributed by atoms with E-state index in [1.807, 2.05) is 0 Å². The number of aryl methyl sites for hydroxylation is 1. The zero-order valence-electron chi connectivity index (χ0n) is 8.79. The zero-order valence-corrected chi connectivity index (χ0v) is 8.79. The largest absolute Gasteiger partial charge is 0.496 e. The topological polar surface area (TPSA) is 33.0 Å². The highest BCUT2D eigenvalue weighted by atomic mass is 19.1. The summed E-state index contributed by atoms with van der Waals surface area (Å²) in [6, 6.07) is 6.60. The Morgan fingerprint density at radius 3 is 2.87 bits per heavy atom. The fraction of sp³-hybridized carbons (Fsp3) is 0.417. The van der Waals surface area contributed by atoms with Crippen LogP contribution >= 0.6 is 0 Å². The van der Waals surface area contributed by atoms with Crippen LogP contribution in [0.5, 0.6) is 5.75 Å². The fourth-order valence-electron chi connectivity index (χ4n) is 1.46. The van der Waals surface area contributed by atoms with E-state index in [0.717, 1.165) is 24.8 Å². The number of methoxy groups -OCH3 is 1. The molecule has 0 aliphatic rings. The van der Waals surface area contributed by atoms with Crippen LogP contribution in [0.25, 0.3) is 0 Å². The number of halogens is 1. The van der Waals surface area contributed by atoms with Gasteiger partial charge < -0.3 is 4.74 Å². The van der Waals surface area contributed by atoms with Gasteiger partial charge in [0, 0.05) is 6.42 Å². The maximum absolute atomic E-state index is 13.0. The van der Waals surface area contributed by atoms with E-state index in [1.54, 1.807) is 13.2 Å². The summed E-state index contributed by atoms with van der Waals surface area (Å²) >= 11 is 0. The van der Waals surface area contributed by atoms with E-state index in [2.05, 4.69) is 6.07 Å². The Balaban J connectivity index is 2.58. The first-order valence-electron chi connectivity index (χ1n) is 4.97. The molecule has 1 rings (SSSR count). The SMILES string of the molecule is COc1ccc(F)cc1CCCCC#N. The van der Waals surface area contributed by atoms with Crippen LogP contribution in [0, 0.1) is 17.1 Å². The fourth-order valence-corrected chi connectivity index (χ4v) is 1.46. The normalized spacial score (nSPS) is 9.67. The van der Waals surface area contributed by atoms with Crippen LogP contribution in [0.4, 0.5) is 4.39 Å². The molecule has 0 aliphatic carbocycles. The molecule has 80 valence electrons. The van der Waals surface area contributed by atoms with E-state index in [9.17, 15) is 4.39 Å². The molecule has 3 heteroatoms. The molecule has 1 aromatic rings. The Labute approximate surface area is 89.3 Å². The molecule has 0 radical (unpaired) electrons. The molecule has 0 bridgehead atoms.